The van der Waals surface area contributed by atoms with E-state index in [1.54, 1.807) is 24.4 Å². The van der Waals surface area contributed by atoms with Crippen molar-refractivity contribution in [2.45, 2.75) is 26.2 Å². The fourth-order valence-corrected chi connectivity index (χ4v) is 4.69. The summed E-state index contributed by atoms with van der Waals surface area (Å²) in [5.41, 5.74) is 3.92. The van der Waals surface area contributed by atoms with E-state index in [1.807, 2.05) is 54.6 Å². The molecule has 2 N–H and O–H groups in total. The fourth-order valence-electron chi connectivity index (χ4n) is 4.69. The first-order chi connectivity index (χ1) is 19.2. The Morgan fingerprint density at radius 3 is 2.25 bits per heavy atom. The van der Waals surface area contributed by atoms with Crippen LogP contribution in [0.15, 0.2) is 67.0 Å². The Labute approximate surface area is 233 Å². The van der Waals surface area contributed by atoms with E-state index >= 15 is 0 Å². The number of methoxy groups -OCH3 is 1. The zero-order chi connectivity index (χ0) is 28.3. The van der Waals surface area contributed by atoms with Crippen molar-refractivity contribution < 1.29 is 19.1 Å². The molecule has 0 bridgehead atoms. The third kappa shape index (κ3) is 5.74. The van der Waals surface area contributed by atoms with Gasteiger partial charge < -0.3 is 25.0 Å². The van der Waals surface area contributed by atoms with Crippen LogP contribution < -0.4 is 15.4 Å². The van der Waals surface area contributed by atoms with Crippen molar-refractivity contribution in [1.82, 2.24) is 14.9 Å². The average molecular weight is 540 g/mol. The number of benzene rings is 3. The minimum Gasteiger partial charge on any atom is -0.495 e. The van der Waals surface area contributed by atoms with Crippen molar-refractivity contribution in [3.05, 3.63) is 78.4 Å². The summed E-state index contributed by atoms with van der Waals surface area (Å²) in [7, 11) is 1.58. The smallest absolute Gasteiger partial charge is 0.323 e. The predicted octanol–water partition coefficient (Wildman–Crippen LogP) is 5.72. The van der Waals surface area contributed by atoms with Crippen molar-refractivity contribution in [1.29, 1.82) is 0 Å². The molecule has 0 radical (unpaired) electrons. The van der Waals surface area contributed by atoms with Gasteiger partial charge in [0.1, 0.15) is 5.75 Å². The number of carbonyl (C=O) groups excluding carboxylic acids is 2. The molecule has 1 aromatic heterocycles. The number of carbonyl (C=O) groups is 2. The molecule has 1 saturated heterocycles. The Morgan fingerprint density at radius 1 is 0.900 bits per heavy atom. The van der Waals surface area contributed by atoms with Gasteiger partial charge in [-0.1, -0.05) is 57.2 Å². The van der Waals surface area contributed by atoms with Gasteiger partial charge in [0.25, 0.3) is 5.91 Å². The van der Waals surface area contributed by atoms with Crippen molar-refractivity contribution >= 4 is 34.1 Å². The number of rotatable bonds is 5. The molecule has 4 aromatic rings. The molecule has 5 rings (SSSR count). The van der Waals surface area contributed by atoms with Crippen LogP contribution >= 0.6 is 0 Å². The largest absolute Gasteiger partial charge is 0.495 e. The Bertz CT molecular complexity index is 1540. The summed E-state index contributed by atoms with van der Waals surface area (Å²) >= 11 is 0. The molecule has 206 valence electrons. The summed E-state index contributed by atoms with van der Waals surface area (Å²) < 4.78 is 10.8. The van der Waals surface area contributed by atoms with Crippen LogP contribution in [0.5, 0.6) is 5.75 Å². The number of hydrogen-bond acceptors (Lipinski definition) is 6. The van der Waals surface area contributed by atoms with E-state index < -0.39 is 0 Å². The topological polar surface area (TPSA) is 106 Å². The van der Waals surface area contributed by atoms with E-state index in [1.165, 1.54) is 0 Å². The second kappa shape index (κ2) is 11.3. The van der Waals surface area contributed by atoms with Gasteiger partial charge in [-0.25, -0.2) is 14.8 Å². The Kier molecular flexibility index (Phi) is 7.66. The second-order valence-corrected chi connectivity index (χ2v) is 10.7. The molecule has 1 aliphatic heterocycles. The molecular formula is C31H33N5O4. The predicted molar refractivity (Wildman–Crippen MR) is 156 cm³/mol. The number of aromatic nitrogens is 2. The molecule has 0 atom stereocenters. The maximum absolute atomic E-state index is 13.1. The molecule has 1 fully saturated rings. The van der Waals surface area contributed by atoms with Crippen LogP contribution in [0.25, 0.3) is 21.9 Å². The van der Waals surface area contributed by atoms with Gasteiger partial charge in [-0.3, -0.25) is 4.79 Å². The number of morpholine rings is 1. The Balaban J connectivity index is 1.38. The van der Waals surface area contributed by atoms with E-state index in [2.05, 4.69) is 41.4 Å². The number of amides is 3. The molecule has 40 heavy (non-hydrogen) atoms. The maximum atomic E-state index is 13.1. The van der Waals surface area contributed by atoms with E-state index in [0.717, 1.165) is 27.5 Å². The SMILES string of the molecule is COc1ccc(C(C)(C)C)cc1NC(=O)Nc1ccc(-c2cnc(C(=O)N3CCOCC3)nc2)c2ccccc12. The first-order valence-corrected chi connectivity index (χ1v) is 13.2. The molecule has 2 heterocycles. The lowest BCUT2D eigenvalue weighted by Gasteiger charge is -2.26. The lowest BCUT2D eigenvalue weighted by Crippen LogP contribution is -2.41. The highest BCUT2D eigenvalue weighted by molar-refractivity contribution is 6.10. The highest BCUT2D eigenvalue weighted by atomic mass is 16.5. The van der Waals surface area contributed by atoms with Crippen molar-refractivity contribution in [3.63, 3.8) is 0 Å². The first kappa shape index (κ1) is 27.1. The third-order valence-corrected chi connectivity index (χ3v) is 6.94. The molecule has 1 aliphatic rings. The molecule has 3 amide bonds. The van der Waals surface area contributed by atoms with Gasteiger partial charge in [-0.05, 0) is 40.1 Å². The summed E-state index contributed by atoms with van der Waals surface area (Å²) in [6.07, 6.45) is 3.33. The van der Waals surface area contributed by atoms with Gasteiger partial charge in [0.05, 0.1) is 31.7 Å². The minimum absolute atomic E-state index is 0.0804. The molecule has 3 aromatic carbocycles. The van der Waals surface area contributed by atoms with Gasteiger partial charge >= 0.3 is 6.03 Å². The van der Waals surface area contributed by atoms with Crippen LogP contribution in [0.2, 0.25) is 0 Å². The molecular weight excluding hydrogens is 506 g/mol. The normalized spacial score (nSPS) is 13.7. The van der Waals surface area contributed by atoms with Crippen LogP contribution in [0, 0.1) is 0 Å². The summed E-state index contributed by atoms with van der Waals surface area (Å²) in [6.45, 7) is 8.46. The van der Waals surface area contributed by atoms with Gasteiger partial charge in [-0.15, -0.1) is 0 Å². The average Bonchev–Trinajstić information content (AvgIpc) is 2.97. The second-order valence-electron chi connectivity index (χ2n) is 10.7. The quantitative estimate of drug-likeness (QED) is 0.336. The number of urea groups is 1. The van der Waals surface area contributed by atoms with E-state index in [-0.39, 0.29) is 23.2 Å². The molecule has 9 nitrogen and oxygen atoms in total. The molecule has 0 unspecified atom stereocenters. The highest BCUT2D eigenvalue weighted by Crippen LogP contribution is 2.34. The van der Waals surface area contributed by atoms with Crippen LogP contribution in [0.3, 0.4) is 0 Å². The summed E-state index contributed by atoms with van der Waals surface area (Å²) in [5.74, 6) is 0.546. The summed E-state index contributed by atoms with van der Waals surface area (Å²) in [4.78, 5) is 36.3. The number of nitrogens with zero attached hydrogens (tertiary/aromatic N) is 3. The molecule has 0 spiro atoms. The zero-order valence-corrected chi connectivity index (χ0v) is 23.2. The van der Waals surface area contributed by atoms with Gasteiger partial charge in [0.2, 0.25) is 5.82 Å². The van der Waals surface area contributed by atoms with Crippen LogP contribution in [0.4, 0.5) is 16.2 Å². The van der Waals surface area contributed by atoms with Gasteiger partial charge in [0.15, 0.2) is 0 Å². The Morgan fingerprint density at radius 2 is 1.57 bits per heavy atom. The zero-order valence-electron chi connectivity index (χ0n) is 23.2. The van der Waals surface area contributed by atoms with E-state index in [0.29, 0.717) is 43.4 Å². The van der Waals surface area contributed by atoms with Crippen molar-refractivity contribution in [3.8, 4) is 16.9 Å². The number of anilines is 2. The molecule has 0 aliphatic carbocycles. The number of hydrogen-bond donors (Lipinski definition) is 2. The van der Waals surface area contributed by atoms with Crippen LogP contribution in [-0.2, 0) is 10.2 Å². The fraction of sp³-hybridized carbons (Fsp3) is 0.290. The number of nitrogens with one attached hydrogen (secondary N) is 2. The van der Waals surface area contributed by atoms with E-state index in [9.17, 15) is 9.59 Å². The lowest BCUT2D eigenvalue weighted by molar-refractivity contribution is 0.0295. The maximum Gasteiger partial charge on any atom is 0.323 e. The van der Waals surface area contributed by atoms with Gasteiger partial charge in [-0.2, -0.15) is 0 Å². The van der Waals surface area contributed by atoms with Crippen LogP contribution in [-0.4, -0.2) is 60.2 Å². The van der Waals surface area contributed by atoms with Crippen molar-refractivity contribution in [2.75, 3.05) is 44.0 Å². The highest BCUT2D eigenvalue weighted by Gasteiger charge is 2.21. The third-order valence-electron chi connectivity index (χ3n) is 6.94. The monoisotopic (exact) mass is 539 g/mol. The standard InChI is InChI=1S/C31H33N5O4/c1-31(2,3)21-9-12-27(39-4)26(17-21)35-30(38)34-25-11-10-22(23-7-5-6-8-24(23)25)20-18-32-28(33-19-20)29(37)36-13-15-40-16-14-36/h5-12,17-19H,13-16H2,1-4H3,(H2,34,35,38). The van der Waals surface area contributed by atoms with Crippen molar-refractivity contribution in [2.24, 2.45) is 0 Å². The lowest BCUT2D eigenvalue weighted by atomic mass is 9.87. The van der Waals surface area contributed by atoms with Crippen LogP contribution in [0.1, 0.15) is 37.0 Å². The van der Waals surface area contributed by atoms with Gasteiger partial charge in [0, 0.05) is 36.4 Å². The minimum atomic E-state index is -0.378. The Hall–Kier alpha value is -4.50. The summed E-state index contributed by atoms with van der Waals surface area (Å²) in [5, 5.41) is 7.70. The number of ether oxygens (including phenoxy) is 2. The molecule has 0 saturated carbocycles. The first-order valence-electron chi connectivity index (χ1n) is 13.2. The number of fused-ring (bicyclic) bond motifs is 1. The molecule has 9 heteroatoms. The summed E-state index contributed by atoms with van der Waals surface area (Å²) in [6, 6.07) is 17.0. The van der Waals surface area contributed by atoms with E-state index in [4.69, 9.17) is 9.47 Å².